The van der Waals surface area contributed by atoms with Crippen LogP contribution in [0.4, 0.5) is 0 Å². The number of hydrogen-bond donors (Lipinski definition) is 0. The molecule has 0 aromatic heterocycles. The fourth-order valence-corrected chi connectivity index (χ4v) is 4.37. The first kappa shape index (κ1) is 14.6. The van der Waals surface area contributed by atoms with E-state index in [-0.39, 0.29) is 5.41 Å². The second-order valence-electron chi connectivity index (χ2n) is 5.93. The summed E-state index contributed by atoms with van der Waals surface area (Å²) in [6, 6.07) is 7.95. The Morgan fingerprint density at radius 1 is 1.21 bits per heavy atom. The van der Waals surface area contributed by atoms with Crippen molar-refractivity contribution in [3.05, 3.63) is 29.8 Å². The van der Waals surface area contributed by atoms with Crippen molar-refractivity contribution in [1.29, 1.82) is 0 Å². The number of benzene rings is 1. The zero-order chi connectivity index (χ0) is 14.1. The Hall–Kier alpha value is -0.840. The van der Waals surface area contributed by atoms with E-state index < -0.39 is 9.71 Å². The highest BCUT2D eigenvalue weighted by molar-refractivity contribution is 7.98. The van der Waals surface area contributed by atoms with Crippen molar-refractivity contribution >= 4 is 15.6 Å². The molecule has 0 aliphatic carbocycles. The van der Waals surface area contributed by atoms with Crippen LogP contribution in [-0.4, -0.2) is 40.7 Å². The zero-order valence-corrected chi connectivity index (χ0v) is 12.8. The third-order valence-electron chi connectivity index (χ3n) is 3.43. The van der Waals surface area contributed by atoms with Crippen LogP contribution in [0.5, 0.6) is 0 Å². The molecular weight excluding hydrogens is 258 g/mol. The molecule has 0 amide bonds. The molecule has 2 rings (SSSR count). The number of morpholine rings is 1. The molecule has 1 unspecified atom stereocenters. The van der Waals surface area contributed by atoms with E-state index in [9.17, 15) is 4.21 Å². The lowest BCUT2D eigenvalue weighted by molar-refractivity contribution is 0.0749. The van der Waals surface area contributed by atoms with Crippen LogP contribution in [0.3, 0.4) is 0 Å². The van der Waals surface area contributed by atoms with E-state index in [0.29, 0.717) is 26.3 Å². The standard InChI is InChI=1S/C15H23NO2S/c1-15(2,3)13-7-5-6-8-14(13)19(4,17)16-9-11-18-12-10-16/h5-8H,4,9-12H2,1-3H3. The van der Waals surface area contributed by atoms with Crippen LogP contribution in [0.2, 0.25) is 0 Å². The van der Waals surface area contributed by atoms with Gasteiger partial charge < -0.3 is 4.74 Å². The van der Waals surface area contributed by atoms with Crippen LogP contribution in [-0.2, 0) is 19.9 Å². The third kappa shape index (κ3) is 3.02. The van der Waals surface area contributed by atoms with Gasteiger partial charge in [0, 0.05) is 18.0 Å². The first-order chi connectivity index (χ1) is 8.83. The van der Waals surface area contributed by atoms with Gasteiger partial charge in [0.1, 0.15) is 0 Å². The fraction of sp³-hybridized carbons (Fsp3) is 0.533. The first-order valence-electron chi connectivity index (χ1n) is 6.63. The molecule has 0 radical (unpaired) electrons. The molecule has 1 aromatic rings. The number of hydrogen-bond acceptors (Lipinski definition) is 2. The van der Waals surface area contributed by atoms with Crippen LogP contribution in [0.15, 0.2) is 29.2 Å². The first-order valence-corrected chi connectivity index (χ1v) is 8.31. The Morgan fingerprint density at radius 2 is 1.79 bits per heavy atom. The van der Waals surface area contributed by atoms with E-state index >= 15 is 0 Å². The molecule has 0 saturated carbocycles. The molecule has 1 saturated heterocycles. The Labute approximate surface area is 116 Å². The molecule has 1 aliphatic heterocycles. The molecule has 0 N–H and O–H groups in total. The predicted molar refractivity (Wildman–Crippen MR) is 81.1 cm³/mol. The normalized spacial score (nSPS) is 21.0. The van der Waals surface area contributed by atoms with Gasteiger partial charge in [-0.15, -0.1) is 0 Å². The maximum atomic E-state index is 13.2. The van der Waals surface area contributed by atoms with Gasteiger partial charge in [0.05, 0.1) is 22.9 Å². The molecule has 1 aromatic carbocycles. The average Bonchev–Trinajstić information content (AvgIpc) is 2.39. The molecule has 1 heterocycles. The molecule has 1 atom stereocenters. The van der Waals surface area contributed by atoms with Crippen LogP contribution >= 0.6 is 0 Å². The molecule has 1 fully saturated rings. The molecular formula is C15H23NO2S. The number of rotatable bonds is 2. The smallest absolute Gasteiger partial charge is 0.0604 e. The molecule has 0 spiro atoms. The largest absolute Gasteiger partial charge is 0.379 e. The van der Waals surface area contributed by atoms with E-state index in [1.165, 1.54) is 0 Å². The minimum absolute atomic E-state index is 0.0385. The van der Waals surface area contributed by atoms with Crippen LogP contribution in [0.25, 0.3) is 0 Å². The number of nitrogens with zero attached hydrogens (tertiary/aromatic N) is 1. The van der Waals surface area contributed by atoms with E-state index in [1.807, 2.05) is 22.5 Å². The Bertz CT molecular complexity index is 538. The van der Waals surface area contributed by atoms with Gasteiger partial charge in [-0.2, -0.15) is 0 Å². The summed E-state index contributed by atoms with van der Waals surface area (Å²) in [5.74, 6) is 4.04. The molecule has 106 valence electrons. The van der Waals surface area contributed by atoms with Crippen LogP contribution < -0.4 is 0 Å². The van der Waals surface area contributed by atoms with E-state index in [2.05, 4.69) is 32.7 Å². The highest BCUT2D eigenvalue weighted by atomic mass is 32.2. The van der Waals surface area contributed by atoms with Gasteiger partial charge in [-0.05, 0) is 22.9 Å². The van der Waals surface area contributed by atoms with E-state index in [1.54, 1.807) is 0 Å². The summed E-state index contributed by atoms with van der Waals surface area (Å²) in [6.07, 6.45) is 0. The summed E-state index contributed by atoms with van der Waals surface area (Å²) in [5.41, 5.74) is 1.07. The monoisotopic (exact) mass is 281 g/mol. The minimum atomic E-state index is -2.42. The van der Waals surface area contributed by atoms with Crippen LogP contribution in [0, 0.1) is 0 Å². The summed E-state index contributed by atoms with van der Waals surface area (Å²) in [6.45, 7) is 9.04. The Morgan fingerprint density at radius 3 is 2.37 bits per heavy atom. The van der Waals surface area contributed by atoms with Crippen molar-refractivity contribution in [2.24, 2.45) is 0 Å². The fourth-order valence-electron chi connectivity index (χ4n) is 2.34. The second-order valence-corrected chi connectivity index (χ2v) is 8.17. The van der Waals surface area contributed by atoms with E-state index in [0.717, 1.165) is 10.5 Å². The molecule has 1 aliphatic rings. The van der Waals surface area contributed by atoms with Crippen molar-refractivity contribution in [3.8, 4) is 0 Å². The Balaban J connectivity index is 2.46. The third-order valence-corrected chi connectivity index (χ3v) is 5.67. The van der Waals surface area contributed by atoms with Gasteiger partial charge in [0.2, 0.25) is 0 Å². The minimum Gasteiger partial charge on any atom is -0.379 e. The lowest BCUT2D eigenvalue weighted by Gasteiger charge is -2.32. The van der Waals surface area contributed by atoms with Crippen molar-refractivity contribution < 1.29 is 8.95 Å². The lowest BCUT2D eigenvalue weighted by atomic mass is 9.87. The summed E-state index contributed by atoms with van der Waals surface area (Å²) in [4.78, 5) is 0.865. The van der Waals surface area contributed by atoms with Crippen LogP contribution in [0.1, 0.15) is 26.3 Å². The van der Waals surface area contributed by atoms with Crippen molar-refractivity contribution in [2.75, 3.05) is 26.3 Å². The van der Waals surface area contributed by atoms with Gasteiger partial charge in [0.25, 0.3) is 0 Å². The van der Waals surface area contributed by atoms with Crippen molar-refractivity contribution in [3.63, 3.8) is 0 Å². The summed E-state index contributed by atoms with van der Waals surface area (Å²) in [7, 11) is -2.42. The summed E-state index contributed by atoms with van der Waals surface area (Å²) in [5, 5.41) is 0. The van der Waals surface area contributed by atoms with Gasteiger partial charge in [0.15, 0.2) is 0 Å². The maximum absolute atomic E-state index is 13.2. The molecule has 4 heteroatoms. The molecule has 3 nitrogen and oxygen atoms in total. The zero-order valence-electron chi connectivity index (χ0n) is 12.0. The van der Waals surface area contributed by atoms with E-state index in [4.69, 9.17) is 4.74 Å². The lowest BCUT2D eigenvalue weighted by Crippen LogP contribution is -2.41. The SMILES string of the molecule is C=S(=O)(c1ccccc1C(C)(C)C)N1CCOCC1. The maximum Gasteiger partial charge on any atom is 0.0604 e. The van der Waals surface area contributed by atoms with Gasteiger partial charge in [-0.25, -0.2) is 8.51 Å². The summed E-state index contributed by atoms with van der Waals surface area (Å²) >= 11 is 0. The van der Waals surface area contributed by atoms with Gasteiger partial charge in [-0.1, -0.05) is 39.0 Å². The average molecular weight is 281 g/mol. The highest BCUT2D eigenvalue weighted by Gasteiger charge is 2.26. The quantitative estimate of drug-likeness (QED) is 0.779. The van der Waals surface area contributed by atoms with Crippen molar-refractivity contribution in [1.82, 2.24) is 4.31 Å². The second kappa shape index (κ2) is 5.27. The highest BCUT2D eigenvalue weighted by Crippen LogP contribution is 2.30. The number of ether oxygens (including phenoxy) is 1. The molecule has 0 bridgehead atoms. The Kier molecular flexibility index (Phi) is 4.04. The molecule has 19 heavy (non-hydrogen) atoms. The topological polar surface area (TPSA) is 29.5 Å². The van der Waals surface area contributed by atoms with Crippen molar-refractivity contribution in [2.45, 2.75) is 31.1 Å². The van der Waals surface area contributed by atoms with Gasteiger partial charge >= 0.3 is 0 Å². The predicted octanol–water partition coefficient (Wildman–Crippen LogP) is 2.31. The van der Waals surface area contributed by atoms with Gasteiger partial charge in [-0.3, -0.25) is 0 Å². The summed E-state index contributed by atoms with van der Waals surface area (Å²) < 4.78 is 20.5.